The Morgan fingerprint density at radius 1 is 0.447 bits per heavy atom. The van der Waals surface area contributed by atoms with Crippen molar-refractivity contribution in [3.63, 3.8) is 0 Å². The van der Waals surface area contributed by atoms with Crippen LogP contribution in [0.1, 0.15) is 81.0 Å². The van der Waals surface area contributed by atoms with E-state index in [1.54, 1.807) is 0 Å². The SMILES string of the molecule is CCCCN1C(=O)c2ccc3c4ccc5c6c(ccc(c7ccc(c2c37)C1=O)c64)C(=O)N(CCCC)C5=O. The Kier molecular flexibility index (Phi) is 4.86. The van der Waals surface area contributed by atoms with E-state index in [4.69, 9.17) is 0 Å². The number of hydrogen-bond acceptors (Lipinski definition) is 4. The molecule has 6 heteroatoms. The molecule has 38 heavy (non-hydrogen) atoms. The first kappa shape index (κ1) is 22.8. The van der Waals surface area contributed by atoms with Gasteiger partial charge in [-0.2, -0.15) is 0 Å². The Morgan fingerprint density at radius 2 is 0.737 bits per heavy atom. The largest absolute Gasteiger partial charge is 0.274 e. The van der Waals surface area contributed by atoms with Crippen LogP contribution in [0.25, 0.3) is 43.1 Å². The maximum Gasteiger partial charge on any atom is 0.261 e. The van der Waals surface area contributed by atoms with Crippen molar-refractivity contribution in [1.29, 1.82) is 0 Å². The fourth-order valence-electron chi connectivity index (χ4n) is 6.41. The van der Waals surface area contributed by atoms with Gasteiger partial charge < -0.3 is 0 Å². The summed E-state index contributed by atoms with van der Waals surface area (Å²) in [6.07, 6.45) is 3.31. The Morgan fingerprint density at radius 3 is 1.00 bits per heavy atom. The zero-order valence-electron chi connectivity index (χ0n) is 21.4. The van der Waals surface area contributed by atoms with Gasteiger partial charge in [0.1, 0.15) is 0 Å². The lowest BCUT2D eigenvalue weighted by Crippen LogP contribution is -2.41. The molecule has 0 unspecified atom stereocenters. The second kappa shape index (κ2) is 8.09. The summed E-state index contributed by atoms with van der Waals surface area (Å²) in [6, 6.07) is 15.1. The normalized spacial score (nSPS) is 15.3. The van der Waals surface area contributed by atoms with Crippen LogP contribution < -0.4 is 0 Å². The number of unbranched alkanes of at least 4 members (excludes halogenated alkanes) is 2. The maximum atomic E-state index is 13.4. The molecule has 5 aromatic rings. The van der Waals surface area contributed by atoms with Crippen molar-refractivity contribution in [2.75, 3.05) is 13.1 Å². The van der Waals surface area contributed by atoms with E-state index in [-0.39, 0.29) is 23.6 Å². The fraction of sp³-hybridized carbons (Fsp3) is 0.250. The van der Waals surface area contributed by atoms with Crippen LogP contribution in [-0.4, -0.2) is 46.5 Å². The van der Waals surface area contributed by atoms with Gasteiger partial charge in [0.15, 0.2) is 0 Å². The van der Waals surface area contributed by atoms with Crippen molar-refractivity contribution >= 4 is 66.7 Å². The zero-order chi connectivity index (χ0) is 26.3. The molecule has 0 aliphatic carbocycles. The van der Waals surface area contributed by atoms with Gasteiger partial charge in [0, 0.05) is 46.1 Å². The minimum absolute atomic E-state index is 0.251. The highest BCUT2D eigenvalue weighted by molar-refractivity contribution is 6.41. The van der Waals surface area contributed by atoms with Gasteiger partial charge in [0.2, 0.25) is 0 Å². The van der Waals surface area contributed by atoms with Gasteiger partial charge in [0.25, 0.3) is 23.6 Å². The molecular weight excluding hydrogens is 476 g/mol. The molecule has 2 aliphatic heterocycles. The van der Waals surface area contributed by atoms with E-state index in [0.717, 1.165) is 58.0 Å². The summed E-state index contributed by atoms with van der Waals surface area (Å²) in [6.45, 7) is 4.89. The van der Waals surface area contributed by atoms with Crippen LogP contribution in [0.15, 0.2) is 48.5 Å². The second-order valence-electron chi connectivity index (χ2n) is 10.4. The highest BCUT2D eigenvalue weighted by Gasteiger charge is 2.36. The van der Waals surface area contributed by atoms with E-state index >= 15 is 0 Å². The molecule has 0 bridgehead atoms. The molecule has 188 valence electrons. The fourth-order valence-corrected chi connectivity index (χ4v) is 6.41. The van der Waals surface area contributed by atoms with Crippen LogP contribution >= 0.6 is 0 Å². The van der Waals surface area contributed by atoms with Gasteiger partial charge in [0.05, 0.1) is 0 Å². The summed E-state index contributed by atoms with van der Waals surface area (Å²) in [4.78, 5) is 56.4. The number of nitrogens with zero attached hydrogens (tertiary/aromatic N) is 2. The van der Waals surface area contributed by atoms with Crippen LogP contribution in [0.5, 0.6) is 0 Å². The molecule has 4 amide bonds. The lowest BCUT2D eigenvalue weighted by atomic mass is 9.82. The molecule has 5 aromatic carbocycles. The van der Waals surface area contributed by atoms with Crippen LogP contribution in [0.2, 0.25) is 0 Å². The summed E-state index contributed by atoms with van der Waals surface area (Å²) in [5, 5.41) is 6.79. The molecule has 6 nitrogen and oxygen atoms in total. The quantitative estimate of drug-likeness (QED) is 0.150. The van der Waals surface area contributed by atoms with Crippen molar-refractivity contribution in [3.05, 3.63) is 70.8 Å². The minimum atomic E-state index is -0.251. The van der Waals surface area contributed by atoms with Crippen molar-refractivity contribution in [2.24, 2.45) is 0 Å². The predicted molar refractivity (Wildman–Crippen MR) is 148 cm³/mol. The van der Waals surface area contributed by atoms with E-state index in [0.29, 0.717) is 46.1 Å². The highest BCUT2D eigenvalue weighted by Crippen LogP contribution is 2.46. The second-order valence-corrected chi connectivity index (χ2v) is 10.4. The highest BCUT2D eigenvalue weighted by atomic mass is 16.2. The molecule has 2 aliphatic rings. The molecule has 7 rings (SSSR count). The first-order valence-electron chi connectivity index (χ1n) is 13.4. The number of amides is 4. The Bertz CT molecular complexity index is 1630. The number of fused-ring (bicyclic) bond motifs is 2. The number of benzene rings is 5. The molecule has 0 fully saturated rings. The van der Waals surface area contributed by atoms with Crippen LogP contribution in [-0.2, 0) is 0 Å². The summed E-state index contributed by atoms with van der Waals surface area (Å²) in [5.41, 5.74) is 2.18. The van der Waals surface area contributed by atoms with Gasteiger partial charge in [-0.3, -0.25) is 29.0 Å². The maximum absolute atomic E-state index is 13.4. The topological polar surface area (TPSA) is 74.8 Å². The molecule has 0 N–H and O–H groups in total. The third-order valence-corrected chi connectivity index (χ3v) is 8.27. The van der Waals surface area contributed by atoms with E-state index in [2.05, 4.69) is 0 Å². The van der Waals surface area contributed by atoms with E-state index < -0.39 is 0 Å². The van der Waals surface area contributed by atoms with Gasteiger partial charge >= 0.3 is 0 Å². The third-order valence-electron chi connectivity index (χ3n) is 8.27. The number of hydrogen-bond donors (Lipinski definition) is 0. The zero-order valence-corrected chi connectivity index (χ0v) is 21.4. The van der Waals surface area contributed by atoms with Crippen LogP contribution in [0.4, 0.5) is 0 Å². The third kappa shape index (κ3) is 2.77. The van der Waals surface area contributed by atoms with Crippen molar-refractivity contribution < 1.29 is 19.2 Å². The Balaban J connectivity index is 1.55. The van der Waals surface area contributed by atoms with E-state index in [1.807, 2.05) is 62.4 Å². The smallest absolute Gasteiger partial charge is 0.261 e. The first-order valence-corrected chi connectivity index (χ1v) is 13.4. The predicted octanol–water partition coefficient (Wildman–Crippen LogP) is 6.53. The molecule has 0 spiro atoms. The van der Waals surface area contributed by atoms with Gasteiger partial charge in [-0.15, -0.1) is 0 Å². The van der Waals surface area contributed by atoms with Gasteiger partial charge in [-0.25, -0.2) is 0 Å². The van der Waals surface area contributed by atoms with E-state index in [1.165, 1.54) is 9.80 Å². The lowest BCUT2D eigenvalue weighted by molar-refractivity contribution is 0.0593. The Labute approximate surface area is 219 Å². The molecule has 0 saturated heterocycles. The molecular formula is C32H26N2O4. The molecule has 0 atom stereocenters. The first-order chi connectivity index (χ1) is 18.5. The summed E-state index contributed by atoms with van der Waals surface area (Å²) < 4.78 is 0. The number of rotatable bonds is 6. The molecule has 0 saturated carbocycles. The summed E-state index contributed by atoms with van der Waals surface area (Å²) in [5.74, 6) is -1.00. The van der Waals surface area contributed by atoms with Crippen molar-refractivity contribution in [3.8, 4) is 0 Å². The number of imide groups is 2. The summed E-state index contributed by atoms with van der Waals surface area (Å²) in [7, 11) is 0. The Hall–Kier alpha value is -4.32. The molecule has 2 heterocycles. The number of carbonyl (C=O) groups is 4. The van der Waals surface area contributed by atoms with Crippen molar-refractivity contribution in [2.45, 2.75) is 39.5 Å². The van der Waals surface area contributed by atoms with Crippen LogP contribution in [0, 0.1) is 0 Å². The summed E-state index contributed by atoms with van der Waals surface area (Å²) >= 11 is 0. The van der Waals surface area contributed by atoms with Gasteiger partial charge in [-0.05, 0) is 69.4 Å². The number of carbonyl (C=O) groups excluding carboxylic acids is 4. The standard InChI is InChI=1S/C32H26N2O4/c1-3-5-15-33-29(35)21-11-7-17-19-9-13-23-28-24(32(38)34(31(23)37)16-6-4-2)14-10-20(26(19)28)18-8-12-22(30(33)36)27(21)25(17)18/h7-14H,3-6,15-16H2,1-2H3. The van der Waals surface area contributed by atoms with Crippen LogP contribution in [0.3, 0.4) is 0 Å². The monoisotopic (exact) mass is 502 g/mol. The molecule has 0 aromatic heterocycles. The minimum Gasteiger partial charge on any atom is -0.274 e. The van der Waals surface area contributed by atoms with Crippen molar-refractivity contribution in [1.82, 2.24) is 9.80 Å². The van der Waals surface area contributed by atoms with E-state index in [9.17, 15) is 19.2 Å². The molecule has 0 radical (unpaired) electrons. The average Bonchev–Trinajstić information content (AvgIpc) is 2.93. The van der Waals surface area contributed by atoms with Gasteiger partial charge in [-0.1, -0.05) is 51.0 Å². The average molecular weight is 503 g/mol. The lowest BCUT2D eigenvalue weighted by Gasteiger charge is -2.30.